The van der Waals surface area contributed by atoms with Gasteiger partial charge in [-0.2, -0.15) is 0 Å². The summed E-state index contributed by atoms with van der Waals surface area (Å²) in [6.45, 7) is 0. The van der Waals surface area contributed by atoms with Gasteiger partial charge in [-0.25, -0.2) is 4.79 Å². The molecule has 0 spiro atoms. The Kier molecular flexibility index (Phi) is 4.15. The number of hydrogen-bond donors (Lipinski definition) is 1. The second kappa shape index (κ2) is 6.23. The average molecular weight is 313 g/mol. The molecule has 0 aromatic heterocycles. The molecule has 1 aliphatic rings. The normalized spacial score (nSPS) is 20.8. The van der Waals surface area contributed by atoms with Gasteiger partial charge in [0.05, 0.1) is 0 Å². The van der Waals surface area contributed by atoms with Crippen LogP contribution in [0.2, 0.25) is 0 Å². The molecule has 0 unspecified atom stereocenters. The van der Waals surface area contributed by atoms with Gasteiger partial charge in [0.2, 0.25) is 0 Å². The molecule has 1 heterocycles. The Morgan fingerprint density at radius 3 is 2.18 bits per heavy atom. The Morgan fingerprint density at radius 1 is 1.00 bits per heavy atom. The van der Waals surface area contributed by atoms with E-state index in [1.807, 2.05) is 36.4 Å². The predicted octanol–water partition coefficient (Wildman–Crippen LogP) is 3.03. The fourth-order valence-electron chi connectivity index (χ4n) is 2.55. The van der Waals surface area contributed by atoms with E-state index in [1.165, 1.54) is 16.7 Å². The topological polar surface area (TPSA) is 57.6 Å². The van der Waals surface area contributed by atoms with Crippen molar-refractivity contribution >= 4 is 23.6 Å². The van der Waals surface area contributed by atoms with Gasteiger partial charge in [-0.1, -0.05) is 48.5 Å². The van der Waals surface area contributed by atoms with Crippen LogP contribution in [0.25, 0.3) is 0 Å². The molecule has 2 aromatic carbocycles. The third kappa shape index (κ3) is 2.72. The first-order valence-corrected chi connectivity index (χ1v) is 8.00. The number of carbonyl (C=O) groups excluding carboxylic acids is 1. The molecule has 1 amide bonds. The molecule has 1 aliphatic heterocycles. The summed E-state index contributed by atoms with van der Waals surface area (Å²) in [5.41, 5.74) is 1.46. The standard InChI is InChI=1S/C17H15NO3S/c19-15(12-7-3-1-4-8-12)18-14(17(20)21)11-22-16(18)13-9-5-2-6-10-13/h1-10,14,16H,11H2,(H,20,21)/t14-,16+/m0/s1. The first kappa shape index (κ1) is 14.7. The molecule has 0 bridgehead atoms. The van der Waals surface area contributed by atoms with Crippen molar-refractivity contribution in [3.8, 4) is 0 Å². The molecule has 1 saturated heterocycles. The maximum Gasteiger partial charge on any atom is 0.327 e. The minimum Gasteiger partial charge on any atom is -0.480 e. The van der Waals surface area contributed by atoms with Crippen LogP contribution in [-0.4, -0.2) is 33.7 Å². The largest absolute Gasteiger partial charge is 0.480 e. The highest BCUT2D eigenvalue weighted by Gasteiger charge is 2.42. The van der Waals surface area contributed by atoms with Gasteiger partial charge in [0, 0.05) is 11.3 Å². The molecule has 2 atom stereocenters. The van der Waals surface area contributed by atoms with Crippen LogP contribution in [0.1, 0.15) is 21.3 Å². The van der Waals surface area contributed by atoms with Crippen LogP contribution in [0.3, 0.4) is 0 Å². The van der Waals surface area contributed by atoms with Crippen molar-refractivity contribution in [2.24, 2.45) is 0 Å². The summed E-state index contributed by atoms with van der Waals surface area (Å²) in [6, 6.07) is 17.6. The van der Waals surface area contributed by atoms with E-state index in [0.717, 1.165) is 5.56 Å². The molecule has 0 radical (unpaired) electrons. The number of carboxylic acids is 1. The SMILES string of the molecule is O=C(O)[C@@H]1CS[C@H](c2ccccc2)N1C(=O)c1ccccc1. The molecule has 4 nitrogen and oxygen atoms in total. The summed E-state index contributed by atoms with van der Waals surface area (Å²) in [7, 11) is 0. The zero-order valence-electron chi connectivity index (χ0n) is 11.8. The number of benzene rings is 2. The van der Waals surface area contributed by atoms with Crippen molar-refractivity contribution in [1.82, 2.24) is 4.90 Å². The van der Waals surface area contributed by atoms with Crippen molar-refractivity contribution in [3.63, 3.8) is 0 Å². The first-order chi connectivity index (χ1) is 10.7. The Balaban J connectivity index is 1.98. The van der Waals surface area contributed by atoms with Crippen LogP contribution >= 0.6 is 11.8 Å². The number of carboxylic acid groups (broad SMARTS) is 1. The smallest absolute Gasteiger partial charge is 0.327 e. The molecule has 1 N–H and O–H groups in total. The van der Waals surface area contributed by atoms with Crippen molar-refractivity contribution in [3.05, 3.63) is 71.8 Å². The second-order valence-electron chi connectivity index (χ2n) is 5.03. The molecule has 1 fully saturated rings. The number of amides is 1. The minimum atomic E-state index is -0.963. The highest BCUT2D eigenvalue weighted by molar-refractivity contribution is 7.99. The molecular formula is C17H15NO3S. The van der Waals surface area contributed by atoms with E-state index in [4.69, 9.17) is 0 Å². The van der Waals surface area contributed by atoms with Gasteiger partial charge >= 0.3 is 5.97 Å². The van der Waals surface area contributed by atoms with E-state index < -0.39 is 12.0 Å². The zero-order valence-corrected chi connectivity index (χ0v) is 12.6. The summed E-state index contributed by atoms with van der Waals surface area (Å²) in [5.74, 6) is -0.810. The van der Waals surface area contributed by atoms with E-state index >= 15 is 0 Å². The molecule has 2 aromatic rings. The molecule has 112 valence electrons. The quantitative estimate of drug-likeness (QED) is 0.946. The summed E-state index contributed by atoms with van der Waals surface area (Å²) < 4.78 is 0. The van der Waals surface area contributed by atoms with Crippen LogP contribution in [0.5, 0.6) is 0 Å². The highest BCUT2D eigenvalue weighted by Crippen LogP contribution is 2.42. The van der Waals surface area contributed by atoms with E-state index in [9.17, 15) is 14.7 Å². The zero-order chi connectivity index (χ0) is 15.5. The first-order valence-electron chi connectivity index (χ1n) is 6.95. The molecule has 0 aliphatic carbocycles. The van der Waals surface area contributed by atoms with Gasteiger partial charge in [-0.15, -0.1) is 11.8 Å². The van der Waals surface area contributed by atoms with Crippen LogP contribution in [0.15, 0.2) is 60.7 Å². The molecule has 5 heteroatoms. The lowest BCUT2D eigenvalue weighted by atomic mass is 10.1. The number of aliphatic carboxylic acids is 1. The Morgan fingerprint density at radius 2 is 1.59 bits per heavy atom. The lowest BCUT2D eigenvalue weighted by Crippen LogP contribution is -2.42. The minimum absolute atomic E-state index is 0.244. The second-order valence-corrected chi connectivity index (χ2v) is 6.14. The van der Waals surface area contributed by atoms with Crippen molar-refractivity contribution in [2.45, 2.75) is 11.4 Å². The average Bonchev–Trinajstić information content (AvgIpc) is 3.01. The summed E-state index contributed by atoms with van der Waals surface area (Å²) in [5, 5.41) is 9.17. The van der Waals surface area contributed by atoms with Crippen LogP contribution < -0.4 is 0 Å². The lowest BCUT2D eigenvalue weighted by molar-refractivity contribution is -0.141. The number of carbonyl (C=O) groups is 2. The molecule has 0 saturated carbocycles. The summed E-state index contributed by atoms with van der Waals surface area (Å²) in [6.07, 6.45) is 0. The van der Waals surface area contributed by atoms with Gasteiger partial charge in [0.25, 0.3) is 5.91 Å². The number of hydrogen-bond acceptors (Lipinski definition) is 3. The number of nitrogens with zero attached hydrogens (tertiary/aromatic N) is 1. The van der Waals surface area contributed by atoms with Crippen molar-refractivity contribution in [2.75, 3.05) is 5.75 Å². The Bertz CT molecular complexity index is 675. The van der Waals surface area contributed by atoms with E-state index in [0.29, 0.717) is 11.3 Å². The van der Waals surface area contributed by atoms with Crippen LogP contribution in [0, 0.1) is 0 Å². The predicted molar refractivity (Wildman–Crippen MR) is 85.7 cm³/mol. The highest BCUT2D eigenvalue weighted by atomic mass is 32.2. The third-order valence-corrected chi connectivity index (χ3v) is 4.95. The van der Waals surface area contributed by atoms with Crippen molar-refractivity contribution < 1.29 is 14.7 Å². The van der Waals surface area contributed by atoms with Gasteiger partial charge in [-0.05, 0) is 17.7 Å². The van der Waals surface area contributed by atoms with E-state index in [1.54, 1.807) is 24.3 Å². The fourth-order valence-corrected chi connectivity index (χ4v) is 3.97. The van der Waals surface area contributed by atoms with Crippen molar-refractivity contribution in [1.29, 1.82) is 0 Å². The maximum absolute atomic E-state index is 12.8. The monoisotopic (exact) mass is 313 g/mol. The van der Waals surface area contributed by atoms with E-state index in [2.05, 4.69) is 0 Å². The van der Waals surface area contributed by atoms with Crippen LogP contribution in [-0.2, 0) is 4.79 Å². The summed E-state index contributed by atoms with van der Waals surface area (Å²) in [4.78, 5) is 25.8. The van der Waals surface area contributed by atoms with Crippen LogP contribution in [0.4, 0.5) is 0 Å². The molecule has 22 heavy (non-hydrogen) atoms. The lowest BCUT2D eigenvalue weighted by Gasteiger charge is -2.27. The van der Waals surface area contributed by atoms with Gasteiger partial charge < -0.3 is 10.0 Å². The van der Waals surface area contributed by atoms with Gasteiger partial charge in [0.1, 0.15) is 11.4 Å². The molecular weight excluding hydrogens is 298 g/mol. The number of thioether (sulfide) groups is 1. The van der Waals surface area contributed by atoms with Gasteiger partial charge in [-0.3, -0.25) is 4.79 Å². The third-order valence-electron chi connectivity index (χ3n) is 3.63. The maximum atomic E-state index is 12.8. The number of rotatable bonds is 3. The van der Waals surface area contributed by atoms with E-state index in [-0.39, 0.29) is 11.3 Å². The molecule has 3 rings (SSSR count). The van der Waals surface area contributed by atoms with Gasteiger partial charge in [0.15, 0.2) is 0 Å². The summed E-state index contributed by atoms with van der Waals surface area (Å²) >= 11 is 1.49. The Labute approximate surface area is 132 Å². The Hall–Kier alpha value is -2.27. The fraction of sp³-hybridized carbons (Fsp3) is 0.176.